The molecule has 0 atom stereocenters. The van der Waals surface area contributed by atoms with Crippen LogP contribution in [-0.4, -0.2) is 13.4 Å². The molecule has 0 aliphatic rings. The molecule has 0 aromatic heterocycles. The molecular formula is C9H19N2+. The van der Waals surface area contributed by atoms with E-state index in [1.807, 2.05) is 18.6 Å². The summed E-state index contributed by atoms with van der Waals surface area (Å²) in [5.41, 5.74) is 0. The van der Waals surface area contributed by atoms with Crippen LogP contribution >= 0.6 is 0 Å². The molecule has 0 bridgehead atoms. The molecule has 0 spiro atoms. The van der Waals surface area contributed by atoms with E-state index in [9.17, 15) is 0 Å². The van der Waals surface area contributed by atoms with Gasteiger partial charge in [-0.05, 0) is 12.8 Å². The zero-order chi connectivity index (χ0) is 8.36. The Morgan fingerprint density at radius 3 is 2.82 bits per heavy atom. The maximum absolute atomic E-state index is 4.03. The normalized spacial score (nSPS) is 11.8. The van der Waals surface area contributed by atoms with Gasteiger partial charge in [-0.15, -0.1) is 0 Å². The fourth-order valence-corrected chi connectivity index (χ4v) is 0.783. The molecule has 0 unspecified atom stereocenters. The summed E-state index contributed by atoms with van der Waals surface area (Å²) in [5.74, 6) is 0. The third kappa shape index (κ3) is 9.37. The lowest BCUT2D eigenvalue weighted by Crippen LogP contribution is -2.77. The van der Waals surface area contributed by atoms with Crippen LogP contribution in [0.3, 0.4) is 0 Å². The average Bonchev–Trinajstić information content (AvgIpc) is 2.03. The van der Waals surface area contributed by atoms with Crippen LogP contribution in [0.2, 0.25) is 0 Å². The third-order valence-corrected chi connectivity index (χ3v) is 1.40. The summed E-state index contributed by atoms with van der Waals surface area (Å²) in [6.07, 6.45) is 10.9. The van der Waals surface area contributed by atoms with Gasteiger partial charge in [-0.3, -0.25) is 0 Å². The SMILES string of the molecule is CCCCC/C=C\N=C[NH2+]C. The van der Waals surface area contributed by atoms with Crippen molar-refractivity contribution in [2.75, 3.05) is 7.05 Å². The van der Waals surface area contributed by atoms with Crippen molar-refractivity contribution in [3.05, 3.63) is 12.3 Å². The van der Waals surface area contributed by atoms with E-state index < -0.39 is 0 Å². The molecule has 0 radical (unpaired) electrons. The monoisotopic (exact) mass is 155 g/mol. The summed E-state index contributed by atoms with van der Waals surface area (Å²) in [6, 6.07) is 0. The number of unbranched alkanes of at least 4 members (excludes halogenated alkanes) is 3. The zero-order valence-electron chi connectivity index (χ0n) is 7.59. The third-order valence-electron chi connectivity index (χ3n) is 1.40. The summed E-state index contributed by atoms with van der Waals surface area (Å²) in [6.45, 7) is 2.22. The van der Waals surface area contributed by atoms with Crippen LogP contribution in [0.1, 0.15) is 32.6 Å². The van der Waals surface area contributed by atoms with Gasteiger partial charge in [0.2, 0.25) is 0 Å². The minimum Gasteiger partial charge on any atom is -0.306 e. The summed E-state index contributed by atoms with van der Waals surface area (Å²) < 4.78 is 0. The van der Waals surface area contributed by atoms with E-state index in [2.05, 4.69) is 18.0 Å². The predicted octanol–water partition coefficient (Wildman–Crippen LogP) is 1.30. The first kappa shape index (κ1) is 10.4. The van der Waals surface area contributed by atoms with E-state index >= 15 is 0 Å². The molecular weight excluding hydrogens is 136 g/mol. The van der Waals surface area contributed by atoms with Crippen molar-refractivity contribution < 1.29 is 5.32 Å². The Bertz CT molecular complexity index is 117. The van der Waals surface area contributed by atoms with Crippen LogP contribution < -0.4 is 5.32 Å². The molecule has 0 aromatic carbocycles. The van der Waals surface area contributed by atoms with E-state index in [1.54, 1.807) is 6.34 Å². The summed E-state index contributed by atoms with van der Waals surface area (Å²) in [5, 5.41) is 1.93. The highest BCUT2D eigenvalue weighted by atomic mass is 14.9. The number of nitrogens with two attached hydrogens (primary N) is 1. The fraction of sp³-hybridized carbons (Fsp3) is 0.667. The second kappa shape index (κ2) is 9.37. The van der Waals surface area contributed by atoms with E-state index in [0.29, 0.717) is 0 Å². The number of allylic oxidation sites excluding steroid dienone is 1. The predicted molar refractivity (Wildman–Crippen MR) is 49.6 cm³/mol. The molecule has 0 amide bonds. The Morgan fingerprint density at radius 2 is 2.18 bits per heavy atom. The summed E-state index contributed by atoms with van der Waals surface area (Å²) in [7, 11) is 1.97. The number of nitrogens with zero attached hydrogens (tertiary/aromatic N) is 1. The number of quaternary nitrogens is 1. The van der Waals surface area contributed by atoms with Crippen molar-refractivity contribution in [3.8, 4) is 0 Å². The van der Waals surface area contributed by atoms with E-state index in [-0.39, 0.29) is 0 Å². The topological polar surface area (TPSA) is 29.0 Å². The lowest BCUT2D eigenvalue weighted by molar-refractivity contribution is -0.496. The van der Waals surface area contributed by atoms with Gasteiger partial charge in [0.05, 0.1) is 7.05 Å². The fourth-order valence-electron chi connectivity index (χ4n) is 0.783. The van der Waals surface area contributed by atoms with Gasteiger partial charge < -0.3 is 5.32 Å². The van der Waals surface area contributed by atoms with Gasteiger partial charge in [0, 0.05) is 6.20 Å². The highest BCUT2D eigenvalue weighted by Crippen LogP contribution is 1.98. The molecule has 11 heavy (non-hydrogen) atoms. The maximum Gasteiger partial charge on any atom is 0.186 e. The Kier molecular flexibility index (Phi) is 8.83. The van der Waals surface area contributed by atoms with E-state index in [0.717, 1.165) is 6.42 Å². The number of hydrogen-bond acceptors (Lipinski definition) is 1. The zero-order valence-corrected chi connectivity index (χ0v) is 7.59. The minimum absolute atomic E-state index is 1.16. The standard InChI is InChI=1S/C9H18N2/c1-3-4-5-6-7-8-11-9-10-2/h7-9H,3-6H2,1-2H3,(H,10,11)/p+1/b8-7-. The number of aliphatic imine (C=N–C) groups is 1. The second-order valence-corrected chi connectivity index (χ2v) is 2.51. The first-order valence-electron chi connectivity index (χ1n) is 4.38. The Morgan fingerprint density at radius 1 is 1.36 bits per heavy atom. The molecule has 0 fully saturated rings. The largest absolute Gasteiger partial charge is 0.306 e. The molecule has 0 aliphatic heterocycles. The number of hydrogen-bond donors (Lipinski definition) is 1. The molecule has 64 valence electrons. The van der Waals surface area contributed by atoms with Crippen molar-refractivity contribution in [1.82, 2.24) is 0 Å². The van der Waals surface area contributed by atoms with Gasteiger partial charge in [-0.25, -0.2) is 4.99 Å². The molecule has 2 N–H and O–H groups in total. The van der Waals surface area contributed by atoms with Crippen LogP contribution in [0.5, 0.6) is 0 Å². The van der Waals surface area contributed by atoms with Crippen LogP contribution in [0, 0.1) is 0 Å². The smallest absolute Gasteiger partial charge is 0.186 e. The Labute approximate surface area is 69.4 Å². The Hall–Kier alpha value is -0.630. The van der Waals surface area contributed by atoms with E-state index in [4.69, 9.17) is 0 Å². The van der Waals surface area contributed by atoms with Gasteiger partial charge in [-0.1, -0.05) is 25.8 Å². The Balaban J connectivity index is 3.09. The first-order valence-corrected chi connectivity index (χ1v) is 4.38. The van der Waals surface area contributed by atoms with Gasteiger partial charge in [0.15, 0.2) is 6.34 Å². The second-order valence-electron chi connectivity index (χ2n) is 2.51. The van der Waals surface area contributed by atoms with Crippen LogP contribution in [-0.2, 0) is 0 Å². The van der Waals surface area contributed by atoms with Gasteiger partial charge >= 0.3 is 0 Å². The van der Waals surface area contributed by atoms with Crippen molar-refractivity contribution in [2.45, 2.75) is 32.6 Å². The molecule has 0 heterocycles. The quantitative estimate of drug-likeness (QED) is 0.340. The lowest BCUT2D eigenvalue weighted by atomic mass is 10.2. The average molecular weight is 155 g/mol. The van der Waals surface area contributed by atoms with Gasteiger partial charge in [0.1, 0.15) is 0 Å². The molecule has 2 nitrogen and oxygen atoms in total. The molecule has 0 rings (SSSR count). The highest BCUT2D eigenvalue weighted by Gasteiger charge is 1.79. The van der Waals surface area contributed by atoms with Gasteiger partial charge in [0.25, 0.3) is 0 Å². The van der Waals surface area contributed by atoms with Gasteiger partial charge in [-0.2, -0.15) is 0 Å². The van der Waals surface area contributed by atoms with Crippen LogP contribution in [0.4, 0.5) is 0 Å². The minimum atomic E-state index is 1.16. The maximum atomic E-state index is 4.03. The molecule has 0 aliphatic carbocycles. The van der Waals surface area contributed by atoms with Crippen molar-refractivity contribution in [1.29, 1.82) is 0 Å². The first-order chi connectivity index (χ1) is 5.41. The number of rotatable bonds is 6. The van der Waals surface area contributed by atoms with E-state index in [1.165, 1.54) is 19.3 Å². The summed E-state index contributed by atoms with van der Waals surface area (Å²) >= 11 is 0. The molecule has 0 aromatic rings. The summed E-state index contributed by atoms with van der Waals surface area (Å²) in [4.78, 5) is 4.03. The molecule has 2 heteroatoms. The van der Waals surface area contributed by atoms with Crippen LogP contribution in [0.15, 0.2) is 17.3 Å². The van der Waals surface area contributed by atoms with Crippen molar-refractivity contribution >= 4 is 6.34 Å². The molecule has 0 saturated heterocycles. The highest BCUT2D eigenvalue weighted by molar-refractivity contribution is 5.42. The van der Waals surface area contributed by atoms with Crippen molar-refractivity contribution in [2.24, 2.45) is 4.99 Å². The van der Waals surface area contributed by atoms with Crippen LogP contribution in [0.25, 0.3) is 0 Å². The van der Waals surface area contributed by atoms with Crippen molar-refractivity contribution in [3.63, 3.8) is 0 Å². The molecule has 0 saturated carbocycles. The lowest BCUT2D eigenvalue weighted by Gasteiger charge is -1.89.